The molecule has 1 saturated heterocycles. The molecule has 2 rings (SSSR count). The average molecular weight is 281 g/mol. The molecule has 1 aromatic rings. The molecule has 1 fully saturated rings. The fourth-order valence-electron chi connectivity index (χ4n) is 2.76. The van der Waals surface area contributed by atoms with Crippen molar-refractivity contribution in [2.75, 3.05) is 20.3 Å². The van der Waals surface area contributed by atoms with Crippen LogP contribution in [0.15, 0.2) is 6.20 Å². The third-order valence-electron chi connectivity index (χ3n) is 3.66. The second-order valence-corrected chi connectivity index (χ2v) is 5.02. The summed E-state index contributed by atoms with van der Waals surface area (Å²) in [4.78, 5) is 25.1. The number of nitrogens with zero attached hydrogens (tertiary/aromatic N) is 3. The quantitative estimate of drug-likeness (QED) is 0.841. The van der Waals surface area contributed by atoms with Crippen molar-refractivity contribution < 1.29 is 19.4 Å². The van der Waals surface area contributed by atoms with Crippen LogP contribution in [0, 0.1) is 12.8 Å². The van der Waals surface area contributed by atoms with Gasteiger partial charge in [-0.2, -0.15) is 5.10 Å². The lowest BCUT2D eigenvalue weighted by Crippen LogP contribution is -2.33. The number of hydrogen-bond acceptors (Lipinski definition) is 4. The molecule has 7 heteroatoms. The first kappa shape index (κ1) is 14.5. The molecule has 0 saturated carbocycles. The van der Waals surface area contributed by atoms with Crippen molar-refractivity contribution in [3.63, 3.8) is 0 Å². The number of carbonyl (C=O) groups is 2. The summed E-state index contributed by atoms with van der Waals surface area (Å²) in [7, 11) is 3.34. The Hall–Kier alpha value is -1.89. The molecule has 1 aliphatic rings. The molecule has 0 radical (unpaired) electrons. The van der Waals surface area contributed by atoms with Crippen LogP contribution in [0.4, 0.5) is 0 Å². The van der Waals surface area contributed by atoms with Crippen LogP contribution in [0.3, 0.4) is 0 Å². The average Bonchev–Trinajstić information content (AvgIpc) is 2.86. The van der Waals surface area contributed by atoms with E-state index in [0.29, 0.717) is 13.2 Å². The van der Waals surface area contributed by atoms with Gasteiger partial charge in [0, 0.05) is 38.9 Å². The van der Waals surface area contributed by atoms with E-state index in [0.717, 1.165) is 11.3 Å². The summed E-state index contributed by atoms with van der Waals surface area (Å²) in [5, 5.41) is 13.6. The van der Waals surface area contributed by atoms with Crippen molar-refractivity contribution in [3.8, 4) is 0 Å². The van der Waals surface area contributed by atoms with Crippen LogP contribution < -0.4 is 0 Å². The van der Waals surface area contributed by atoms with E-state index in [1.807, 2.05) is 6.92 Å². The number of aliphatic carboxylic acids is 1. The van der Waals surface area contributed by atoms with Crippen LogP contribution in [-0.4, -0.2) is 51.9 Å². The number of hydrogen-bond donors (Lipinski definition) is 1. The standard InChI is InChI=1S/C13H19N3O4/c1-8-10(7-15(2)14-8)12-9(13(18)19)6-11(17)16(12)4-5-20-3/h7,9,12H,4-6H2,1-3H3,(H,18,19). The summed E-state index contributed by atoms with van der Waals surface area (Å²) in [6, 6.07) is -0.469. The number of aromatic nitrogens is 2. The van der Waals surface area contributed by atoms with Crippen LogP contribution in [0.25, 0.3) is 0 Å². The Balaban J connectivity index is 2.37. The van der Waals surface area contributed by atoms with Crippen molar-refractivity contribution in [3.05, 3.63) is 17.5 Å². The van der Waals surface area contributed by atoms with Gasteiger partial charge in [-0.05, 0) is 6.92 Å². The van der Waals surface area contributed by atoms with Gasteiger partial charge in [0.1, 0.15) is 0 Å². The molecule has 1 aromatic heterocycles. The summed E-state index contributed by atoms with van der Waals surface area (Å²) in [6.45, 7) is 2.59. The number of amides is 1. The lowest BCUT2D eigenvalue weighted by atomic mass is 9.94. The molecular formula is C13H19N3O4. The number of aryl methyl sites for hydroxylation is 2. The maximum atomic E-state index is 12.1. The molecule has 7 nitrogen and oxygen atoms in total. The first-order valence-electron chi connectivity index (χ1n) is 6.47. The molecule has 0 aliphatic carbocycles. The van der Waals surface area contributed by atoms with E-state index in [-0.39, 0.29) is 12.3 Å². The number of carboxylic acids is 1. The number of likely N-dealkylation sites (tertiary alicyclic amines) is 1. The van der Waals surface area contributed by atoms with Gasteiger partial charge in [0.15, 0.2) is 0 Å². The molecule has 110 valence electrons. The predicted octanol–water partition coefficient (Wildman–Crippen LogP) is 0.349. The highest BCUT2D eigenvalue weighted by molar-refractivity contribution is 5.87. The molecule has 1 N–H and O–H groups in total. The molecular weight excluding hydrogens is 262 g/mol. The number of carboxylic acid groups (broad SMARTS) is 1. The SMILES string of the molecule is COCCN1C(=O)CC(C(=O)O)C1c1cn(C)nc1C. The first-order valence-corrected chi connectivity index (χ1v) is 6.47. The van der Waals surface area contributed by atoms with Crippen molar-refractivity contribution >= 4 is 11.9 Å². The number of methoxy groups -OCH3 is 1. The van der Waals surface area contributed by atoms with Crippen LogP contribution in [-0.2, 0) is 21.4 Å². The van der Waals surface area contributed by atoms with Gasteiger partial charge < -0.3 is 14.7 Å². The van der Waals surface area contributed by atoms with Gasteiger partial charge in [0.25, 0.3) is 0 Å². The summed E-state index contributed by atoms with van der Waals surface area (Å²) in [5.74, 6) is -1.84. The predicted molar refractivity (Wildman–Crippen MR) is 70.0 cm³/mol. The Bertz CT molecular complexity index is 526. The summed E-state index contributed by atoms with van der Waals surface area (Å²) < 4.78 is 6.65. The Morgan fingerprint density at radius 2 is 2.30 bits per heavy atom. The molecule has 1 amide bonds. The van der Waals surface area contributed by atoms with Gasteiger partial charge >= 0.3 is 5.97 Å². The van der Waals surface area contributed by atoms with Crippen molar-refractivity contribution in [2.24, 2.45) is 13.0 Å². The summed E-state index contributed by atoms with van der Waals surface area (Å²) >= 11 is 0. The minimum atomic E-state index is -0.952. The van der Waals surface area contributed by atoms with Gasteiger partial charge in [-0.15, -0.1) is 0 Å². The number of rotatable bonds is 5. The van der Waals surface area contributed by atoms with Crippen LogP contribution in [0.5, 0.6) is 0 Å². The third kappa shape index (κ3) is 2.53. The van der Waals surface area contributed by atoms with E-state index >= 15 is 0 Å². The highest BCUT2D eigenvalue weighted by Gasteiger charge is 2.45. The second-order valence-electron chi connectivity index (χ2n) is 5.02. The van der Waals surface area contributed by atoms with Crippen LogP contribution >= 0.6 is 0 Å². The molecule has 0 spiro atoms. The second kappa shape index (κ2) is 5.62. The smallest absolute Gasteiger partial charge is 0.309 e. The number of carbonyl (C=O) groups excluding carboxylic acids is 1. The van der Waals surface area contributed by atoms with E-state index < -0.39 is 17.9 Å². The minimum Gasteiger partial charge on any atom is -0.481 e. The van der Waals surface area contributed by atoms with Crippen molar-refractivity contribution in [1.29, 1.82) is 0 Å². The molecule has 2 unspecified atom stereocenters. The number of ether oxygens (including phenoxy) is 1. The topological polar surface area (TPSA) is 84.7 Å². The fourth-order valence-corrected chi connectivity index (χ4v) is 2.76. The fraction of sp³-hybridized carbons (Fsp3) is 0.615. The Kier molecular flexibility index (Phi) is 4.08. The van der Waals surface area contributed by atoms with Gasteiger partial charge in [0.05, 0.1) is 24.3 Å². The lowest BCUT2D eigenvalue weighted by Gasteiger charge is -2.26. The molecule has 0 bridgehead atoms. The highest BCUT2D eigenvalue weighted by atomic mass is 16.5. The summed E-state index contributed by atoms with van der Waals surface area (Å²) in [6.07, 6.45) is 1.81. The Labute approximate surface area is 117 Å². The monoisotopic (exact) mass is 281 g/mol. The van der Waals surface area contributed by atoms with E-state index in [9.17, 15) is 14.7 Å². The lowest BCUT2D eigenvalue weighted by molar-refractivity contribution is -0.142. The van der Waals surface area contributed by atoms with Crippen molar-refractivity contribution in [1.82, 2.24) is 14.7 Å². The summed E-state index contributed by atoms with van der Waals surface area (Å²) in [5.41, 5.74) is 1.54. The molecule has 2 atom stereocenters. The van der Waals surface area contributed by atoms with E-state index in [1.54, 1.807) is 29.9 Å². The Morgan fingerprint density at radius 3 is 2.80 bits per heavy atom. The zero-order chi connectivity index (χ0) is 14.9. The van der Waals surface area contributed by atoms with E-state index in [2.05, 4.69) is 5.10 Å². The van der Waals surface area contributed by atoms with Gasteiger partial charge in [0.2, 0.25) is 5.91 Å². The maximum Gasteiger partial charge on any atom is 0.309 e. The van der Waals surface area contributed by atoms with Gasteiger partial charge in [-0.3, -0.25) is 14.3 Å². The van der Waals surface area contributed by atoms with Crippen LogP contribution in [0.2, 0.25) is 0 Å². The molecule has 2 heterocycles. The Morgan fingerprint density at radius 1 is 1.60 bits per heavy atom. The minimum absolute atomic E-state index is 0.0258. The van der Waals surface area contributed by atoms with Gasteiger partial charge in [-0.1, -0.05) is 0 Å². The van der Waals surface area contributed by atoms with Crippen molar-refractivity contribution in [2.45, 2.75) is 19.4 Å². The highest BCUT2D eigenvalue weighted by Crippen LogP contribution is 2.39. The first-order chi connectivity index (χ1) is 9.45. The largest absolute Gasteiger partial charge is 0.481 e. The van der Waals surface area contributed by atoms with E-state index in [4.69, 9.17) is 4.74 Å². The van der Waals surface area contributed by atoms with Crippen LogP contribution in [0.1, 0.15) is 23.7 Å². The van der Waals surface area contributed by atoms with Gasteiger partial charge in [-0.25, -0.2) is 0 Å². The van der Waals surface area contributed by atoms with E-state index in [1.165, 1.54) is 0 Å². The zero-order valence-electron chi connectivity index (χ0n) is 11.9. The zero-order valence-corrected chi connectivity index (χ0v) is 11.9. The molecule has 20 heavy (non-hydrogen) atoms. The third-order valence-corrected chi connectivity index (χ3v) is 3.66. The molecule has 0 aromatic carbocycles. The maximum absolute atomic E-state index is 12.1. The normalized spacial score (nSPS) is 22.6. The molecule has 1 aliphatic heterocycles.